The Morgan fingerprint density at radius 1 is 1.46 bits per heavy atom. The molecule has 0 aliphatic rings. The molecule has 0 heterocycles. The Hall–Kier alpha value is -1.11. The van der Waals surface area contributed by atoms with Gasteiger partial charge >= 0.3 is 0 Å². The predicted molar refractivity (Wildman–Crippen MR) is 59.6 cm³/mol. The van der Waals surface area contributed by atoms with E-state index in [1.807, 2.05) is 24.3 Å². The van der Waals surface area contributed by atoms with Crippen LogP contribution in [-0.4, -0.2) is 5.75 Å². The first kappa shape index (κ1) is 9.97. The van der Waals surface area contributed by atoms with Crippen LogP contribution in [0.3, 0.4) is 0 Å². The molecule has 0 saturated heterocycles. The highest BCUT2D eigenvalue weighted by molar-refractivity contribution is 7.80. The lowest BCUT2D eigenvalue weighted by Crippen LogP contribution is -2.06. The minimum absolute atomic E-state index is 0.793. The highest BCUT2D eigenvalue weighted by Gasteiger charge is 1.88. The van der Waals surface area contributed by atoms with Gasteiger partial charge in [-0.1, -0.05) is 17.9 Å². The van der Waals surface area contributed by atoms with Crippen molar-refractivity contribution in [2.45, 2.75) is 6.42 Å². The summed E-state index contributed by atoms with van der Waals surface area (Å²) in [6, 6.07) is 7.67. The summed E-state index contributed by atoms with van der Waals surface area (Å²) in [5, 5.41) is 0. The molecule has 0 amide bonds. The van der Waals surface area contributed by atoms with E-state index in [1.54, 1.807) is 0 Å². The van der Waals surface area contributed by atoms with Crippen molar-refractivity contribution < 1.29 is 0 Å². The normalized spacial score (nSPS) is 8.77. The van der Waals surface area contributed by atoms with Crippen molar-refractivity contribution in [3.8, 4) is 11.8 Å². The van der Waals surface area contributed by atoms with Crippen molar-refractivity contribution in [3.05, 3.63) is 29.8 Å². The van der Waals surface area contributed by atoms with Crippen LogP contribution in [0, 0.1) is 11.8 Å². The van der Waals surface area contributed by atoms with Gasteiger partial charge in [-0.25, -0.2) is 0 Å². The van der Waals surface area contributed by atoms with Gasteiger partial charge in [0.15, 0.2) is 0 Å². The van der Waals surface area contributed by atoms with Crippen molar-refractivity contribution in [1.29, 1.82) is 0 Å². The van der Waals surface area contributed by atoms with Gasteiger partial charge in [0.05, 0.1) is 0 Å². The lowest BCUT2D eigenvalue weighted by molar-refractivity contribution is 1.31. The molecule has 0 saturated carbocycles. The standard InChI is InChI=1S/C10H12N2S/c11-12-10-6-3-5-9(8-10)4-1-2-7-13/h3,5-6,8,12-13H,2,7,11H2. The van der Waals surface area contributed by atoms with E-state index in [0.29, 0.717) is 0 Å². The first-order valence-corrected chi connectivity index (χ1v) is 4.66. The highest BCUT2D eigenvalue weighted by atomic mass is 32.1. The number of hydrogen-bond acceptors (Lipinski definition) is 3. The average molecular weight is 192 g/mol. The van der Waals surface area contributed by atoms with Crippen molar-refractivity contribution in [2.24, 2.45) is 5.84 Å². The molecule has 0 unspecified atom stereocenters. The van der Waals surface area contributed by atoms with Gasteiger partial charge in [0.2, 0.25) is 0 Å². The smallest absolute Gasteiger partial charge is 0.0497 e. The number of hydrazine groups is 1. The van der Waals surface area contributed by atoms with E-state index in [9.17, 15) is 0 Å². The molecule has 0 spiro atoms. The number of hydrogen-bond donors (Lipinski definition) is 3. The summed E-state index contributed by atoms with van der Waals surface area (Å²) < 4.78 is 0. The Balaban J connectivity index is 2.73. The fourth-order valence-electron chi connectivity index (χ4n) is 0.907. The Bertz CT molecular complexity index is 325. The van der Waals surface area contributed by atoms with Gasteiger partial charge in [-0.2, -0.15) is 12.6 Å². The maximum absolute atomic E-state index is 5.26. The first-order valence-electron chi connectivity index (χ1n) is 4.03. The summed E-state index contributed by atoms with van der Waals surface area (Å²) in [4.78, 5) is 0. The Labute approximate surface area is 83.9 Å². The Kier molecular flexibility index (Phi) is 4.24. The molecule has 0 fully saturated rings. The number of thiol groups is 1. The van der Waals surface area contributed by atoms with Gasteiger partial charge in [0.1, 0.15) is 0 Å². The SMILES string of the molecule is NNc1cccc(C#CCCS)c1. The monoisotopic (exact) mass is 192 g/mol. The molecule has 2 nitrogen and oxygen atoms in total. The summed E-state index contributed by atoms with van der Waals surface area (Å²) >= 11 is 4.07. The van der Waals surface area contributed by atoms with Crippen molar-refractivity contribution in [3.63, 3.8) is 0 Å². The molecule has 3 N–H and O–H groups in total. The van der Waals surface area contributed by atoms with Crippen LogP contribution >= 0.6 is 12.6 Å². The molecule has 13 heavy (non-hydrogen) atoms. The maximum Gasteiger partial charge on any atom is 0.0497 e. The number of benzene rings is 1. The molecule has 0 bridgehead atoms. The minimum atomic E-state index is 0.793. The van der Waals surface area contributed by atoms with Crippen molar-refractivity contribution in [1.82, 2.24) is 0 Å². The van der Waals surface area contributed by atoms with Crippen LogP contribution in [0.2, 0.25) is 0 Å². The maximum atomic E-state index is 5.26. The van der Waals surface area contributed by atoms with E-state index in [0.717, 1.165) is 23.4 Å². The van der Waals surface area contributed by atoms with Crippen LogP contribution in [0.25, 0.3) is 0 Å². The van der Waals surface area contributed by atoms with Gasteiger partial charge in [-0.15, -0.1) is 0 Å². The molecule has 1 rings (SSSR count). The molecular weight excluding hydrogens is 180 g/mol. The van der Waals surface area contributed by atoms with Gasteiger partial charge < -0.3 is 5.43 Å². The third-order valence-electron chi connectivity index (χ3n) is 1.50. The second-order valence-electron chi connectivity index (χ2n) is 2.50. The lowest BCUT2D eigenvalue weighted by Gasteiger charge is -1.98. The van der Waals surface area contributed by atoms with Crippen LogP contribution in [0.5, 0.6) is 0 Å². The number of nitrogen functional groups attached to an aromatic ring is 1. The number of rotatable bonds is 2. The van der Waals surface area contributed by atoms with Gasteiger partial charge in [0.25, 0.3) is 0 Å². The first-order chi connectivity index (χ1) is 6.36. The number of nitrogens with one attached hydrogen (secondary N) is 1. The topological polar surface area (TPSA) is 38.0 Å². The summed E-state index contributed by atoms with van der Waals surface area (Å²) in [5.74, 6) is 12.1. The van der Waals surface area contributed by atoms with E-state index < -0.39 is 0 Å². The average Bonchev–Trinajstić information content (AvgIpc) is 2.19. The fourth-order valence-corrected chi connectivity index (χ4v) is 1.02. The van der Waals surface area contributed by atoms with Crippen LogP contribution in [0.4, 0.5) is 5.69 Å². The van der Waals surface area contributed by atoms with E-state index in [-0.39, 0.29) is 0 Å². The minimum Gasteiger partial charge on any atom is -0.324 e. The van der Waals surface area contributed by atoms with Gasteiger partial charge in [-0.05, 0) is 18.2 Å². The van der Waals surface area contributed by atoms with Crippen LogP contribution in [0.1, 0.15) is 12.0 Å². The van der Waals surface area contributed by atoms with Gasteiger partial charge in [0, 0.05) is 23.4 Å². The molecule has 0 aromatic heterocycles. The van der Waals surface area contributed by atoms with Crippen molar-refractivity contribution in [2.75, 3.05) is 11.2 Å². The Morgan fingerprint density at radius 3 is 3.00 bits per heavy atom. The largest absolute Gasteiger partial charge is 0.324 e. The third-order valence-corrected chi connectivity index (χ3v) is 1.72. The quantitative estimate of drug-likeness (QED) is 0.288. The summed E-state index contributed by atoms with van der Waals surface area (Å²) in [5.41, 5.74) is 4.42. The summed E-state index contributed by atoms with van der Waals surface area (Å²) in [6.07, 6.45) is 0.809. The molecule has 68 valence electrons. The van der Waals surface area contributed by atoms with Crippen molar-refractivity contribution >= 4 is 18.3 Å². The van der Waals surface area contributed by atoms with E-state index in [1.165, 1.54) is 0 Å². The second kappa shape index (κ2) is 5.52. The predicted octanol–water partition coefficient (Wildman–Crippen LogP) is 1.64. The molecule has 0 aliphatic carbocycles. The van der Waals surface area contributed by atoms with Gasteiger partial charge in [-0.3, -0.25) is 5.84 Å². The zero-order valence-corrected chi connectivity index (χ0v) is 8.14. The number of anilines is 1. The fraction of sp³-hybridized carbons (Fsp3) is 0.200. The molecule has 0 radical (unpaired) electrons. The molecule has 0 atom stereocenters. The number of nitrogens with two attached hydrogens (primary N) is 1. The highest BCUT2D eigenvalue weighted by Crippen LogP contribution is 2.07. The summed E-state index contributed by atoms with van der Waals surface area (Å²) in [6.45, 7) is 0. The molecule has 0 aliphatic heterocycles. The van der Waals surface area contributed by atoms with E-state index >= 15 is 0 Å². The zero-order chi connectivity index (χ0) is 9.52. The molecule has 1 aromatic rings. The Morgan fingerprint density at radius 2 is 2.31 bits per heavy atom. The van der Waals surface area contributed by atoms with Crippen LogP contribution in [0.15, 0.2) is 24.3 Å². The molecule has 3 heteroatoms. The third kappa shape index (κ3) is 3.41. The molecule has 1 aromatic carbocycles. The van der Waals surface area contributed by atoms with E-state index in [2.05, 4.69) is 29.9 Å². The summed E-state index contributed by atoms with van der Waals surface area (Å²) in [7, 11) is 0. The van der Waals surface area contributed by atoms with Crippen LogP contribution in [-0.2, 0) is 0 Å². The van der Waals surface area contributed by atoms with E-state index in [4.69, 9.17) is 5.84 Å². The second-order valence-corrected chi connectivity index (χ2v) is 2.95. The lowest BCUT2D eigenvalue weighted by atomic mass is 10.2. The zero-order valence-electron chi connectivity index (χ0n) is 7.25. The molecular formula is C10H12N2S. The van der Waals surface area contributed by atoms with Crippen LogP contribution < -0.4 is 11.3 Å².